The van der Waals surface area contributed by atoms with Crippen LogP contribution in [0.1, 0.15) is 49.5 Å². The highest BCUT2D eigenvalue weighted by atomic mass is 16.5. The van der Waals surface area contributed by atoms with Gasteiger partial charge >= 0.3 is 0 Å². The Bertz CT molecular complexity index is 540. The molecule has 0 amide bonds. The summed E-state index contributed by atoms with van der Waals surface area (Å²) in [6, 6.07) is 4.16. The van der Waals surface area contributed by atoms with Gasteiger partial charge in [0.2, 0.25) is 5.89 Å². The molecule has 20 heavy (non-hydrogen) atoms. The molecule has 0 aromatic carbocycles. The Morgan fingerprint density at radius 2 is 2.20 bits per heavy atom. The average Bonchev–Trinajstić information content (AvgIpc) is 2.97. The Morgan fingerprint density at radius 1 is 1.35 bits per heavy atom. The average molecular weight is 272 g/mol. The minimum absolute atomic E-state index is 0.215. The van der Waals surface area contributed by atoms with Gasteiger partial charge in [0.05, 0.1) is 6.04 Å². The SMILES string of the molecule is CCC1CCNC(c2nc(Cc3ccncc3)no2)C1. The zero-order valence-corrected chi connectivity index (χ0v) is 11.7. The highest BCUT2D eigenvalue weighted by molar-refractivity contribution is 5.15. The van der Waals surface area contributed by atoms with Crippen LogP contribution in [0.2, 0.25) is 0 Å². The van der Waals surface area contributed by atoms with Crippen molar-refractivity contribution in [2.45, 2.75) is 38.6 Å². The lowest BCUT2D eigenvalue weighted by molar-refractivity contribution is 0.245. The fraction of sp³-hybridized carbons (Fsp3) is 0.533. The lowest BCUT2D eigenvalue weighted by atomic mass is 9.90. The van der Waals surface area contributed by atoms with Crippen molar-refractivity contribution in [3.8, 4) is 0 Å². The van der Waals surface area contributed by atoms with Gasteiger partial charge in [0.15, 0.2) is 5.82 Å². The Labute approximate surface area is 118 Å². The maximum atomic E-state index is 5.43. The first-order valence-corrected chi connectivity index (χ1v) is 7.30. The molecule has 2 atom stereocenters. The summed E-state index contributed by atoms with van der Waals surface area (Å²) < 4.78 is 5.43. The molecule has 5 nitrogen and oxygen atoms in total. The number of hydrogen-bond donors (Lipinski definition) is 1. The molecule has 2 aromatic rings. The van der Waals surface area contributed by atoms with Crippen molar-refractivity contribution in [3.63, 3.8) is 0 Å². The Hall–Kier alpha value is -1.75. The Morgan fingerprint density at radius 3 is 3.00 bits per heavy atom. The Balaban J connectivity index is 1.67. The molecule has 0 spiro atoms. The van der Waals surface area contributed by atoms with Crippen molar-refractivity contribution in [2.24, 2.45) is 5.92 Å². The maximum Gasteiger partial charge on any atom is 0.243 e. The van der Waals surface area contributed by atoms with Crippen LogP contribution in [0.5, 0.6) is 0 Å². The number of rotatable bonds is 4. The van der Waals surface area contributed by atoms with Crippen molar-refractivity contribution < 1.29 is 4.52 Å². The first-order chi connectivity index (χ1) is 9.85. The van der Waals surface area contributed by atoms with Crippen molar-refractivity contribution in [1.29, 1.82) is 0 Å². The van der Waals surface area contributed by atoms with E-state index in [1.807, 2.05) is 12.1 Å². The van der Waals surface area contributed by atoms with E-state index in [2.05, 4.69) is 27.4 Å². The van der Waals surface area contributed by atoms with Crippen molar-refractivity contribution in [2.75, 3.05) is 6.54 Å². The number of hydrogen-bond acceptors (Lipinski definition) is 5. The van der Waals surface area contributed by atoms with Crippen LogP contribution < -0.4 is 5.32 Å². The molecule has 3 rings (SSSR count). The topological polar surface area (TPSA) is 63.8 Å². The van der Waals surface area contributed by atoms with Gasteiger partial charge in [0.1, 0.15) is 0 Å². The van der Waals surface area contributed by atoms with E-state index in [0.717, 1.165) is 36.2 Å². The molecule has 2 unspecified atom stereocenters. The zero-order chi connectivity index (χ0) is 13.8. The van der Waals surface area contributed by atoms with E-state index in [9.17, 15) is 0 Å². The number of nitrogens with one attached hydrogen (secondary N) is 1. The monoisotopic (exact) mass is 272 g/mol. The van der Waals surface area contributed by atoms with Gasteiger partial charge < -0.3 is 9.84 Å². The summed E-state index contributed by atoms with van der Waals surface area (Å²) in [5.74, 6) is 2.23. The van der Waals surface area contributed by atoms with Crippen molar-refractivity contribution in [1.82, 2.24) is 20.4 Å². The third-order valence-electron chi connectivity index (χ3n) is 3.98. The summed E-state index contributed by atoms with van der Waals surface area (Å²) in [4.78, 5) is 8.55. The fourth-order valence-corrected chi connectivity index (χ4v) is 2.72. The van der Waals surface area contributed by atoms with Crippen LogP contribution in [-0.2, 0) is 6.42 Å². The lowest BCUT2D eigenvalue weighted by Gasteiger charge is -2.27. The second kappa shape index (κ2) is 6.13. The van der Waals surface area contributed by atoms with Gasteiger partial charge in [-0.15, -0.1) is 0 Å². The molecule has 1 aliphatic rings. The Kier molecular flexibility index (Phi) is 4.06. The fourth-order valence-electron chi connectivity index (χ4n) is 2.72. The smallest absolute Gasteiger partial charge is 0.243 e. The molecule has 1 N–H and O–H groups in total. The van der Waals surface area contributed by atoms with Gasteiger partial charge in [-0.25, -0.2) is 0 Å². The second-order valence-corrected chi connectivity index (χ2v) is 5.39. The maximum absolute atomic E-state index is 5.43. The van der Waals surface area contributed by atoms with E-state index in [-0.39, 0.29) is 6.04 Å². The van der Waals surface area contributed by atoms with Crippen LogP contribution >= 0.6 is 0 Å². The van der Waals surface area contributed by atoms with E-state index in [1.54, 1.807) is 12.4 Å². The molecule has 0 aliphatic carbocycles. The molecule has 1 aliphatic heterocycles. The molecule has 106 valence electrons. The molecule has 0 bridgehead atoms. The van der Waals surface area contributed by atoms with E-state index >= 15 is 0 Å². The zero-order valence-electron chi connectivity index (χ0n) is 11.7. The van der Waals surface area contributed by atoms with E-state index in [1.165, 1.54) is 12.8 Å². The minimum Gasteiger partial charge on any atom is -0.338 e. The van der Waals surface area contributed by atoms with Crippen LogP contribution in [-0.4, -0.2) is 21.7 Å². The molecule has 1 saturated heterocycles. The number of pyridine rings is 1. The normalized spacial score (nSPS) is 22.9. The van der Waals surface area contributed by atoms with Gasteiger partial charge in [0, 0.05) is 18.8 Å². The van der Waals surface area contributed by atoms with E-state index in [4.69, 9.17) is 4.52 Å². The van der Waals surface area contributed by atoms with Crippen molar-refractivity contribution >= 4 is 0 Å². The molecule has 5 heteroatoms. The van der Waals surface area contributed by atoms with Crippen LogP contribution in [0.15, 0.2) is 29.0 Å². The molecule has 0 saturated carbocycles. The summed E-state index contributed by atoms with van der Waals surface area (Å²) in [6.07, 6.45) is 7.81. The molecule has 3 heterocycles. The largest absolute Gasteiger partial charge is 0.338 e. The molecule has 2 aromatic heterocycles. The number of aromatic nitrogens is 3. The van der Waals surface area contributed by atoms with Crippen molar-refractivity contribution in [3.05, 3.63) is 41.8 Å². The lowest BCUT2D eigenvalue weighted by Crippen LogP contribution is -2.31. The van der Waals surface area contributed by atoms with Crippen LogP contribution in [0.4, 0.5) is 0 Å². The van der Waals surface area contributed by atoms with E-state index < -0.39 is 0 Å². The summed E-state index contributed by atoms with van der Waals surface area (Å²) in [7, 11) is 0. The summed E-state index contributed by atoms with van der Waals surface area (Å²) >= 11 is 0. The third-order valence-corrected chi connectivity index (χ3v) is 3.98. The molecule has 0 radical (unpaired) electrons. The van der Waals surface area contributed by atoms with Gasteiger partial charge in [-0.05, 0) is 43.0 Å². The van der Waals surface area contributed by atoms with Crippen LogP contribution in [0.25, 0.3) is 0 Å². The standard InChI is InChI=1S/C15H20N4O/c1-2-11-5-8-17-13(9-11)15-18-14(19-20-15)10-12-3-6-16-7-4-12/h3-4,6-7,11,13,17H,2,5,8-10H2,1H3. The highest BCUT2D eigenvalue weighted by Crippen LogP contribution is 2.28. The molecular formula is C15H20N4O. The molecule has 1 fully saturated rings. The number of piperidine rings is 1. The first-order valence-electron chi connectivity index (χ1n) is 7.30. The number of nitrogens with zero attached hydrogens (tertiary/aromatic N) is 3. The molecular weight excluding hydrogens is 252 g/mol. The van der Waals surface area contributed by atoms with Gasteiger partial charge in [0.25, 0.3) is 0 Å². The van der Waals surface area contributed by atoms with Gasteiger partial charge in [-0.3, -0.25) is 4.98 Å². The quantitative estimate of drug-likeness (QED) is 0.926. The van der Waals surface area contributed by atoms with Crippen LogP contribution in [0, 0.1) is 5.92 Å². The van der Waals surface area contributed by atoms with Gasteiger partial charge in [-0.2, -0.15) is 4.98 Å². The summed E-state index contributed by atoms with van der Waals surface area (Å²) in [6.45, 7) is 3.28. The summed E-state index contributed by atoms with van der Waals surface area (Å²) in [5, 5.41) is 7.56. The predicted octanol–water partition coefficient (Wildman–Crippen LogP) is 2.51. The first kappa shape index (κ1) is 13.2. The predicted molar refractivity (Wildman–Crippen MR) is 75.1 cm³/mol. The second-order valence-electron chi connectivity index (χ2n) is 5.39. The third kappa shape index (κ3) is 3.04. The highest BCUT2D eigenvalue weighted by Gasteiger charge is 2.25. The van der Waals surface area contributed by atoms with Gasteiger partial charge in [-0.1, -0.05) is 18.5 Å². The minimum atomic E-state index is 0.215. The van der Waals surface area contributed by atoms with E-state index in [0.29, 0.717) is 6.42 Å². The summed E-state index contributed by atoms with van der Waals surface area (Å²) in [5.41, 5.74) is 1.15. The van der Waals surface area contributed by atoms with Crippen LogP contribution in [0.3, 0.4) is 0 Å².